The molecule has 1 aliphatic carbocycles. The van der Waals surface area contributed by atoms with Crippen LogP contribution in [-0.4, -0.2) is 16.9 Å². The third-order valence-electron chi connectivity index (χ3n) is 4.56. The Bertz CT molecular complexity index is 1020. The largest absolute Gasteiger partial charge is 0.478 e. The van der Waals surface area contributed by atoms with Crippen LogP contribution < -0.4 is 5.32 Å². The summed E-state index contributed by atoms with van der Waals surface area (Å²) >= 11 is 0. The monoisotopic (exact) mass is 354 g/mol. The van der Waals surface area contributed by atoms with Crippen molar-refractivity contribution < 1.29 is 9.90 Å². The summed E-state index contributed by atoms with van der Waals surface area (Å²) in [4.78, 5) is 15.4. The Morgan fingerprint density at radius 2 is 1.70 bits per heavy atom. The van der Waals surface area contributed by atoms with Crippen molar-refractivity contribution in [3.63, 3.8) is 0 Å². The Hall–Kier alpha value is -3.66. The number of allylic oxidation sites excluding steroid dienone is 6. The average Bonchev–Trinajstić information content (AvgIpc) is 2.75. The Morgan fingerprint density at radius 1 is 0.926 bits per heavy atom. The highest BCUT2D eigenvalue weighted by molar-refractivity contribution is 6.02. The zero-order valence-electron chi connectivity index (χ0n) is 14.6. The summed E-state index contributed by atoms with van der Waals surface area (Å²) in [6.07, 6.45) is 11.0. The number of rotatable bonds is 3. The van der Waals surface area contributed by atoms with Crippen LogP contribution in [0.3, 0.4) is 0 Å². The number of aromatic carboxylic acids is 1. The second kappa shape index (κ2) is 7.30. The maximum absolute atomic E-state index is 11.0. The van der Waals surface area contributed by atoms with Crippen molar-refractivity contribution in [2.75, 3.05) is 0 Å². The second-order valence-electron chi connectivity index (χ2n) is 6.30. The van der Waals surface area contributed by atoms with Gasteiger partial charge in [0.1, 0.15) is 5.84 Å². The van der Waals surface area contributed by atoms with Gasteiger partial charge in [0.2, 0.25) is 0 Å². The number of carboxylic acids is 1. The first-order valence-electron chi connectivity index (χ1n) is 8.72. The van der Waals surface area contributed by atoms with Gasteiger partial charge in [0.05, 0.1) is 5.56 Å². The molecule has 0 bridgehead atoms. The lowest BCUT2D eigenvalue weighted by Gasteiger charge is -2.18. The molecule has 27 heavy (non-hydrogen) atoms. The predicted molar refractivity (Wildman–Crippen MR) is 107 cm³/mol. The van der Waals surface area contributed by atoms with Crippen LogP contribution in [0.4, 0.5) is 0 Å². The van der Waals surface area contributed by atoms with E-state index in [4.69, 9.17) is 5.11 Å². The average molecular weight is 354 g/mol. The van der Waals surface area contributed by atoms with Crippen molar-refractivity contribution in [3.8, 4) is 0 Å². The summed E-state index contributed by atoms with van der Waals surface area (Å²) in [5.74, 6) is -0.223. The van der Waals surface area contributed by atoms with Crippen LogP contribution in [0.2, 0.25) is 0 Å². The van der Waals surface area contributed by atoms with Crippen molar-refractivity contribution in [2.24, 2.45) is 4.99 Å². The highest BCUT2D eigenvalue weighted by Gasteiger charge is 2.13. The highest BCUT2D eigenvalue weighted by Crippen LogP contribution is 2.26. The fourth-order valence-electron chi connectivity index (χ4n) is 3.08. The van der Waals surface area contributed by atoms with E-state index in [0.717, 1.165) is 17.7 Å². The van der Waals surface area contributed by atoms with E-state index < -0.39 is 5.97 Å². The molecule has 0 atom stereocenters. The summed E-state index contributed by atoms with van der Waals surface area (Å²) in [7, 11) is 0. The summed E-state index contributed by atoms with van der Waals surface area (Å²) in [5.41, 5.74) is 5.73. The minimum atomic E-state index is -0.934. The van der Waals surface area contributed by atoms with Crippen molar-refractivity contribution in [1.82, 2.24) is 5.32 Å². The number of hydrogen-bond acceptors (Lipinski definition) is 3. The van der Waals surface area contributed by atoms with Crippen molar-refractivity contribution in [1.29, 1.82) is 0 Å². The Balaban J connectivity index is 1.52. The molecule has 1 aliphatic heterocycles. The molecular formula is C23H18N2O2. The molecule has 4 nitrogen and oxygen atoms in total. The van der Waals surface area contributed by atoms with E-state index in [1.54, 1.807) is 30.5 Å². The molecule has 1 heterocycles. The number of carbonyl (C=O) groups is 1. The molecule has 0 fully saturated rings. The van der Waals surface area contributed by atoms with Gasteiger partial charge in [0, 0.05) is 17.5 Å². The number of nitrogens with zero attached hydrogens (tertiary/aromatic N) is 1. The van der Waals surface area contributed by atoms with E-state index in [1.807, 2.05) is 24.3 Å². The second-order valence-corrected chi connectivity index (χ2v) is 6.30. The Labute approximate surface area is 157 Å². The first-order valence-corrected chi connectivity index (χ1v) is 8.72. The van der Waals surface area contributed by atoms with Crippen LogP contribution in [-0.2, 0) is 0 Å². The molecule has 4 rings (SSSR count). The first-order chi connectivity index (χ1) is 13.2. The van der Waals surface area contributed by atoms with Gasteiger partial charge in [-0.05, 0) is 41.3 Å². The minimum absolute atomic E-state index is 0.262. The predicted octanol–water partition coefficient (Wildman–Crippen LogP) is 4.55. The normalized spacial score (nSPS) is 18.5. The van der Waals surface area contributed by atoms with Crippen LogP contribution in [0.1, 0.15) is 27.9 Å². The maximum atomic E-state index is 11.0. The molecular weight excluding hydrogens is 336 g/mol. The zero-order valence-corrected chi connectivity index (χ0v) is 14.6. The standard InChI is InChI=1S/C23H18N2O2/c26-23(27)20-12-10-19(11-13-20)22-24-15-14-21(25-22)18-8-6-17(7-9-18)16-4-2-1-3-5-16/h1-8,10-15H,9H2,(H,24,25)(H,26,27). The molecule has 132 valence electrons. The molecule has 0 saturated carbocycles. The van der Waals surface area contributed by atoms with Gasteiger partial charge >= 0.3 is 5.97 Å². The molecule has 0 unspecified atom stereocenters. The molecule has 2 aliphatic rings. The number of benzene rings is 2. The fraction of sp³-hybridized carbons (Fsp3) is 0.0435. The SMILES string of the molecule is O=C(O)c1ccc(C2=NC=CC(=C3C=CC(c4ccccc4)=CC3)N2)cc1. The van der Waals surface area contributed by atoms with Gasteiger partial charge in [-0.25, -0.2) is 9.79 Å². The lowest BCUT2D eigenvalue weighted by atomic mass is 9.95. The van der Waals surface area contributed by atoms with E-state index in [9.17, 15) is 4.79 Å². The summed E-state index contributed by atoms with van der Waals surface area (Å²) in [6.45, 7) is 0. The van der Waals surface area contributed by atoms with Gasteiger partial charge in [-0.3, -0.25) is 0 Å². The van der Waals surface area contributed by atoms with Gasteiger partial charge in [-0.1, -0.05) is 60.7 Å². The van der Waals surface area contributed by atoms with E-state index in [-0.39, 0.29) is 5.56 Å². The molecule has 0 amide bonds. The fourth-order valence-corrected chi connectivity index (χ4v) is 3.08. The lowest BCUT2D eigenvalue weighted by molar-refractivity contribution is 0.0697. The molecule has 0 saturated heterocycles. The van der Waals surface area contributed by atoms with Gasteiger partial charge in [-0.15, -0.1) is 0 Å². The molecule has 2 aromatic carbocycles. The van der Waals surface area contributed by atoms with E-state index in [0.29, 0.717) is 5.84 Å². The lowest BCUT2D eigenvalue weighted by Crippen LogP contribution is -2.26. The van der Waals surface area contributed by atoms with Crippen molar-refractivity contribution in [3.05, 3.63) is 113 Å². The van der Waals surface area contributed by atoms with Crippen LogP contribution >= 0.6 is 0 Å². The molecule has 0 radical (unpaired) electrons. The first kappa shape index (κ1) is 16.8. The summed E-state index contributed by atoms with van der Waals surface area (Å²) in [5, 5.41) is 12.4. The Kier molecular flexibility index (Phi) is 4.54. The molecule has 4 heteroatoms. The van der Waals surface area contributed by atoms with Crippen LogP contribution in [0.25, 0.3) is 5.57 Å². The molecule has 0 aromatic heterocycles. The van der Waals surface area contributed by atoms with Crippen LogP contribution in [0.5, 0.6) is 0 Å². The van der Waals surface area contributed by atoms with Crippen molar-refractivity contribution in [2.45, 2.75) is 6.42 Å². The van der Waals surface area contributed by atoms with Gasteiger partial charge in [0.25, 0.3) is 0 Å². The number of nitrogens with one attached hydrogen (secondary N) is 1. The van der Waals surface area contributed by atoms with Crippen LogP contribution in [0.15, 0.2) is 101 Å². The Morgan fingerprint density at radius 3 is 2.37 bits per heavy atom. The highest BCUT2D eigenvalue weighted by atomic mass is 16.4. The smallest absolute Gasteiger partial charge is 0.335 e. The molecule has 2 N–H and O–H groups in total. The minimum Gasteiger partial charge on any atom is -0.478 e. The third kappa shape index (κ3) is 3.65. The van der Waals surface area contributed by atoms with Gasteiger partial charge < -0.3 is 10.4 Å². The number of amidine groups is 1. The van der Waals surface area contributed by atoms with E-state index in [1.165, 1.54) is 16.7 Å². The summed E-state index contributed by atoms with van der Waals surface area (Å²) < 4.78 is 0. The molecule has 2 aromatic rings. The van der Waals surface area contributed by atoms with Crippen LogP contribution in [0, 0.1) is 0 Å². The van der Waals surface area contributed by atoms with Gasteiger partial charge in [0.15, 0.2) is 0 Å². The quantitative estimate of drug-likeness (QED) is 0.850. The summed E-state index contributed by atoms with van der Waals surface area (Å²) in [6, 6.07) is 17.0. The molecule has 0 spiro atoms. The van der Waals surface area contributed by atoms with Crippen molar-refractivity contribution >= 4 is 17.4 Å². The third-order valence-corrected chi connectivity index (χ3v) is 4.56. The topological polar surface area (TPSA) is 61.7 Å². The number of carboxylic acid groups (broad SMARTS) is 1. The number of aliphatic imine (C=N–C) groups is 1. The van der Waals surface area contributed by atoms with E-state index >= 15 is 0 Å². The maximum Gasteiger partial charge on any atom is 0.335 e. The van der Waals surface area contributed by atoms with Gasteiger partial charge in [-0.2, -0.15) is 0 Å². The van der Waals surface area contributed by atoms with E-state index in [2.05, 4.69) is 40.7 Å². The number of hydrogen-bond donors (Lipinski definition) is 2. The zero-order chi connectivity index (χ0) is 18.6.